The average molecular weight is 1410 g/mol. The van der Waals surface area contributed by atoms with E-state index in [2.05, 4.69) is 239 Å². The van der Waals surface area contributed by atoms with Gasteiger partial charge in [0.15, 0.2) is 0 Å². The number of rotatable bonds is 32. The van der Waals surface area contributed by atoms with Crippen molar-refractivity contribution >= 4 is 0 Å². The first kappa shape index (κ1) is 74.1. The van der Waals surface area contributed by atoms with E-state index < -0.39 is 67.1 Å². The molecule has 14 rings (SSSR count). The molecular weight excluding hydrogens is 1300 g/mol. The van der Waals surface area contributed by atoms with Crippen LogP contribution in [0.3, 0.4) is 0 Å². The molecule has 0 amide bonds. The van der Waals surface area contributed by atoms with Gasteiger partial charge in [-0.25, -0.2) is 0 Å². The Balaban J connectivity index is 0.918. The lowest BCUT2D eigenvalue weighted by atomic mass is 9.39. The van der Waals surface area contributed by atoms with Gasteiger partial charge in [0.25, 0.3) is 0 Å². The maximum absolute atomic E-state index is 12.2. The molecule has 0 radical (unpaired) electrons. The number of hydrogen-bond donors (Lipinski definition) is 2. The Kier molecular flexibility index (Phi) is 25.5. The van der Waals surface area contributed by atoms with Crippen molar-refractivity contribution in [3.8, 4) is 0 Å². The van der Waals surface area contributed by atoms with Crippen molar-refractivity contribution in [1.82, 2.24) is 0 Å². The van der Waals surface area contributed by atoms with E-state index in [9.17, 15) is 10.2 Å². The second-order valence-corrected chi connectivity index (χ2v) is 31.4. The van der Waals surface area contributed by atoms with Crippen LogP contribution in [0.25, 0.3) is 0 Å². The van der Waals surface area contributed by atoms with Crippen molar-refractivity contribution in [2.24, 2.45) is 58.2 Å². The Morgan fingerprint density at radius 3 is 1.14 bits per heavy atom. The Morgan fingerprint density at radius 1 is 0.394 bits per heavy atom. The molecule has 6 fully saturated rings. The molecule has 6 aliphatic rings. The summed E-state index contributed by atoms with van der Waals surface area (Å²) in [5.41, 5.74) is 7.99. The van der Waals surface area contributed by atoms with Crippen LogP contribution in [-0.4, -0.2) is 97.2 Å². The van der Waals surface area contributed by atoms with Gasteiger partial charge in [-0.2, -0.15) is 0 Å². The summed E-state index contributed by atoms with van der Waals surface area (Å²) in [6.07, 6.45) is 1.56. The van der Waals surface area contributed by atoms with Crippen molar-refractivity contribution < 1.29 is 57.6 Å². The van der Waals surface area contributed by atoms with Crippen LogP contribution in [0, 0.1) is 58.2 Å². The van der Waals surface area contributed by atoms with Gasteiger partial charge >= 0.3 is 0 Å². The van der Waals surface area contributed by atoms with E-state index >= 15 is 0 Å². The molecule has 4 aliphatic carbocycles. The highest BCUT2D eigenvalue weighted by atomic mass is 16.6. The van der Waals surface area contributed by atoms with Crippen molar-refractivity contribution in [1.29, 1.82) is 0 Å². The molecule has 0 bridgehead atoms. The van der Waals surface area contributed by atoms with Gasteiger partial charge in [-0.15, -0.1) is 0 Å². The van der Waals surface area contributed by atoms with Gasteiger partial charge in [-0.3, -0.25) is 0 Å². The number of benzene rings is 8. The number of aliphatic hydroxyl groups is 2. The predicted octanol–water partition coefficient (Wildman–Crippen LogP) is 17.3. The highest BCUT2D eigenvalue weighted by Crippen LogP contribution is 2.73. The molecule has 1 unspecified atom stereocenters. The molecule has 12 heteroatoms. The monoisotopic (exact) mass is 1410 g/mol. The first-order chi connectivity index (χ1) is 51.1. The Labute approximate surface area is 618 Å². The second-order valence-electron chi connectivity index (χ2n) is 31.4. The molecule has 2 saturated heterocycles. The second kappa shape index (κ2) is 35.8. The molecule has 0 aromatic heterocycles. The Bertz CT molecular complexity index is 3790. The fraction of sp³-hybridized carbons (Fsp3) is 0.478. The normalized spacial score (nSPS) is 32.0. The summed E-state index contributed by atoms with van der Waals surface area (Å²) in [4.78, 5) is 0. The van der Waals surface area contributed by atoms with Gasteiger partial charge in [-0.1, -0.05) is 263 Å². The lowest BCUT2D eigenvalue weighted by Crippen LogP contribution is -2.69. The van der Waals surface area contributed by atoms with Gasteiger partial charge < -0.3 is 57.6 Å². The third-order valence-corrected chi connectivity index (χ3v) is 25.2. The quantitative estimate of drug-likeness (QED) is 0.0416. The highest BCUT2D eigenvalue weighted by molar-refractivity contribution is 5.24. The molecule has 550 valence electrons. The fourth-order valence-electron chi connectivity index (χ4n) is 20.1. The maximum atomic E-state index is 12.2. The molecular formula is C92H110O12. The van der Waals surface area contributed by atoms with Crippen molar-refractivity contribution in [3.63, 3.8) is 0 Å². The van der Waals surface area contributed by atoms with Crippen molar-refractivity contribution in [2.45, 2.75) is 199 Å². The molecule has 12 nitrogen and oxygen atoms in total. The van der Waals surface area contributed by atoms with Crippen LogP contribution in [0.15, 0.2) is 243 Å². The zero-order chi connectivity index (χ0) is 71.1. The topological polar surface area (TPSA) is 133 Å². The van der Waals surface area contributed by atoms with Gasteiger partial charge in [0.05, 0.1) is 84.4 Å². The lowest BCUT2D eigenvalue weighted by Gasteiger charge is -2.68. The van der Waals surface area contributed by atoms with Crippen LogP contribution < -0.4 is 0 Å². The third-order valence-electron chi connectivity index (χ3n) is 25.2. The van der Waals surface area contributed by atoms with Gasteiger partial charge in [-0.05, 0) is 160 Å². The summed E-state index contributed by atoms with van der Waals surface area (Å²) >= 11 is 0. The maximum Gasteiger partial charge on any atom is 0.115 e. The molecule has 2 heterocycles. The minimum atomic E-state index is -0.603. The van der Waals surface area contributed by atoms with Crippen LogP contribution in [0.2, 0.25) is 0 Å². The minimum absolute atomic E-state index is 0.0512. The number of aliphatic hydroxyl groups excluding tert-OH is 2. The highest BCUT2D eigenvalue weighted by Gasteiger charge is 2.70. The van der Waals surface area contributed by atoms with E-state index in [1.807, 2.05) is 24.3 Å². The van der Waals surface area contributed by atoms with Crippen LogP contribution >= 0.6 is 0 Å². The van der Waals surface area contributed by atoms with Crippen LogP contribution in [0.1, 0.15) is 123 Å². The molecule has 2 aliphatic heterocycles. The fourth-order valence-corrected chi connectivity index (χ4v) is 20.1. The van der Waals surface area contributed by atoms with E-state index in [1.54, 1.807) is 0 Å². The Hall–Kier alpha value is -6.72. The standard InChI is InChI=1S/C92H110O12/c1-64(29-28-50-93)76-46-47-77-82-75(83-87(99-58-69-38-20-8-21-39-69)89(101-60-71-42-24-10-25-43-71)85(97-56-67-34-16-6-17-35-67)80(103-83)62-95-54-65-30-12-4-13-31-65)52-73-51-74(94)48-49-91(73,2)78(82)53-79(92(76,77)3)84-88(100-59-70-40-22-9-23-41-70)90(102-61-72-44-26-11-27-45-72)86(98-57-68-36-18-7-19-37-68)81(104-84)63-96-55-66-32-14-5-15-33-66/h4-27,30-45,64,73-90,93-94H,28-29,46-63H2,1-3H3/t64-,73+,74-,75+,76-,77+,78+,79+,80-,81-,82+,83?,84+,85-,86-,87+,88+,89+,90+,91+,92-/m1/s1. The predicted molar refractivity (Wildman–Crippen MR) is 404 cm³/mol. The molecule has 21 atom stereocenters. The van der Waals surface area contributed by atoms with Gasteiger partial charge in [0.1, 0.15) is 48.8 Å². The zero-order valence-corrected chi connectivity index (χ0v) is 61.2. The summed E-state index contributed by atoms with van der Waals surface area (Å²) in [6.45, 7) is 11.2. The van der Waals surface area contributed by atoms with Crippen molar-refractivity contribution in [3.05, 3.63) is 287 Å². The summed E-state index contributed by atoms with van der Waals surface area (Å²) in [5, 5.41) is 23.0. The number of ether oxygens (including phenoxy) is 10. The number of hydrogen-bond acceptors (Lipinski definition) is 12. The molecule has 104 heavy (non-hydrogen) atoms. The van der Waals surface area contributed by atoms with E-state index in [-0.39, 0.29) is 78.0 Å². The molecule has 2 N–H and O–H groups in total. The smallest absolute Gasteiger partial charge is 0.115 e. The molecule has 0 spiro atoms. The minimum Gasteiger partial charge on any atom is -0.396 e. The van der Waals surface area contributed by atoms with E-state index in [4.69, 9.17) is 47.4 Å². The largest absolute Gasteiger partial charge is 0.396 e. The van der Waals surface area contributed by atoms with E-state index in [0.717, 1.165) is 95.9 Å². The van der Waals surface area contributed by atoms with Gasteiger partial charge in [0, 0.05) is 6.61 Å². The third kappa shape index (κ3) is 17.5. The van der Waals surface area contributed by atoms with Crippen molar-refractivity contribution in [2.75, 3.05) is 19.8 Å². The molecule has 8 aromatic rings. The van der Waals surface area contributed by atoms with Crippen LogP contribution in [0.4, 0.5) is 0 Å². The first-order valence-electron chi connectivity index (χ1n) is 38.9. The van der Waals surface area contributed by atoms with Crippen LogP contribution in [-0.2, 0) is 100 Å². The van der Waals surface area contributed by atoms with E-state index in [0.29, 0.717) is 59.3 Å². The zero-order valence-electron chi connectivity index (χ0n) is 61.2. The van der Waals surface area contributed by atoms with Gasteiger partial charge in [0.2, 0.25) is 0 Å². The van der Waals surface area contributed by atoms with E-state index in [1.165, 1.54) is 0 Å². The molecule has 4 saturated carbocycles. The Morgan fingerprint density at radius 2 is 0.750 bits per heavy atom. The summed E-state index contributed by atoms with van der Waals surface area (Å²) in [5.74, 6) is 1.02. The molecule has 8 aromatic carbocycles. The van der Waals surface area contributed by atoms with Crippen LogP contribution in [0.5, 0.6) is 0 Å². The summed E-state index contributed by atoms with van der Waals surface area (Å²) in [7, 11) is 0. The summed E-state index contributed by atoms with van der Waals surface area (Å²) in [6, 6.07) is 83.7. The summed E-state index contributed by atoms with van der Waals surface area (Å²) < 4.78 is 75.7. The number of fused-ring (bicyclic) bond motifs is 5. The first-order valence-corrected chi connectivity index (χ1v) is 38.9. The lowest BCUT2D eigenvalue weighted by molar-refractivity contribution is -0.313. The SMILES string of the molecule is C[C@H](CCCO)[C@H]1CC[C@H]2[C@@H]3[C@@H](C4O[C@H](COCc5ccccc5)[C@@H](OCc5ccccc5)[C@H](OCc5ccccc5)[C@H]4OCc4ccccc4)C[C@@H]4C[C@H](O)CC[C@]4(C)[C@H]3C[C@@H]([C@@H]3O[C@H](COCc4ccccc4)[C@@H](OCc4ccccc4)[C@H](OCc4ccccc4)[C@H]3OCc3ccccc3)[C@]12C. The average Bonchev–Trinajstić information content (AvgIpc) is 1.29.